The maximum atomic E-state index is 11.0. The fourth-order valence-electron chi connectivity index (χ4n) is 3.30. The molecule has 0 N–H and O–H groups in total. The van der Waals surface area contributed by atoms with Crippen LogP contribution in [0, 0.1) is 10.1 Å². The summed E-state index contributed by atoms with van der Waals surface area (Å²) in [5.41, 5.74) is 5.70. The van der Waals surface area contributed by atoms with E-state index < -0.39 is 0 Å². The van der Waals surface area contributed by atoms with E-state index in [0.29, 0.717) is 0 Å². The van der Waals surface area contributed by atoms with E-state index in [2.05, 4.69) is 58.3 Å². The molecule has 144 valence electrons. The molecule has 0 aromatic heterocycles. The molecule has 5 nitrogen and oxygen atoms in total. The zero-order chi connectivity index (χ0) is 20.3. The molecular weight excluding hydrogens is 350 g/mol. The molecule has 0 saturated carbocycles. The summed E-state index contributed by atoms with van der Waals surface area (Å²) < 4.78 is 0. The van der Waals surface area contributed by atoms with Gasteiger partial charge in [0.15, 0.2) is 0 Å². The largest absolute Gasteiger partial charge is 0.378 e. The molecule has 3 aromatic carbocycles. The summed E-state index contributed by atoms with van der Waals surface area (Å²) in [6.45, 7) is 0. The SMILES string of the molecule is CN(C)c1ccc(C(c2ccc(N(C)C)cc2)c2ccc([N+](=O)[O-])cc2)cc1. The molecule has 0 bridgehead atoms. The Morgan fingerprint density at radius 2 is 0.964 bits per heavy atom. The second-order valence-corrected chi connectivity index (χ2v) is 7.25. The van der Waals surface area contributed by atoms with Gasteiger partial charge in [-0.15, -0.1) is 0 Å². The van der Waals surface area contributed by atoms with Gasteiger partial charge < -0.3 is 9.80 Å². The number of anilines is 2. The fraction of sp³-hybridized carbons (Fsp3) is 0.217. The Bertz CT molecular complexity index is 880. The van der Waals surface area contributed by atoms with E-state index in [1.807, 2.05) is 40.3 Å². The van der Waals surface area contributed by atoms with Gasteiger partial charge >= 0.3 is 0 Å². The van der Waals surface area contributed by atoms with E-state index in [-0.39, 0.29) is 16.5 Å². The summed E-state index contributed by atoms with van der Waals surface area (Å²) in [5.74, 6) is 0.00762. The lowest BCUT2D eigenvalue weighted by atomic mass is 9.85. The van der Waals surface area contributed by atoms with Gasteiger partial charge in [-0.05, 0) is 41.0 Å². The van der Waals surface area contributed by atoms with Crippen LogP contribution in [0.5, 0.6) is 0 Å². The lowest BCUT2D eigenvalue weighted by Gasteiger charge is -2.21. The average molecular weight is 375 g/mol. The maximum absolute atomic E-state index is 11.0. The zero-order valence-corrected chi connectivity index (χ0v) is 16.7. The molecule has 0 radical (unpaired) electrons. The quantitative estimate of drug-likeness (QED) is 0.349. The Kier molecular flexibility index (Phi) is 5.64. The Balaban J connectivity index is 2.06. The highest BCUT2D eigenvalue weighted by atomic mass is 16.6. The van der Waals surface area contributed by atoms with Gasteiger partial charge in [-0.2, -0.15) is 0 Å². The lowest BCUT2D eigenvalue weighted by molar-refractivity contribution is -0.384. The van der Waals surface area contributed by atoms with Gasteiger partial charge in [0.25, 0.3) is 5.69 Å². The van der Waals surface area contributed by atoms with Crippen molar-refractivity contribution in [3.05, 3.63) is 99.6 Å². The van der Waals surface area contributed by atoms with E-state index in [9.17, 15) is 10.1 Å². The predicted octanol–water partition coefficient (Wildman–Crippen LogP) is 4.91. The monoisotopic (exact) mass is 375 g/mol. The first-order chi connectivity index (χ1) is 13.4. The maximum Gasteiger partial charge on any atom is 0.269 e. The Labute approximate surface area is 166 Å². The molecule has 0 unspecified atom stereocenters. The minimum absolute atomic E-state index is 0.00762. The Hall–Kier alpha value is -3.34. The standard InChI is InChI=1S/C23H25N3O2/c1-24(2)20-11-5-17(6-12-20)23(18-7-13-21(14-8-18)25(3)4)19-9-15-22(16-10-19)26(27)28/h5-16,23H,1-4H3. The van der Waals surface area contributed by atoms with Crippen LogP contribution >= 0.6 is 0 Å². The van der Waals surface area contributed by atoms with Crippen LogP contribution in [-0.2, 0) is 0 Å². The van der Waals surface area contributed by atoms with Crippen molar-refractivity contribution in [3.63, 3.8) is 0 Å². The number of rotatable bonds is 6. The van der Waals surface area contributed by atoms with Crippen LogP contribution in [0.4, 0.5) is 17.1 Å². The molecule has 5 heteroatoms. The molecule has 0 aliphatic rings. The number of nitrogens with zero attached hydrogens (tertiary/aromatic N) is 3. The van der Waals surface area contributed by atoms with Gasteiger partial charge in [-0.3, -0.25) is 10.1 Å². The van der Waals surface area contributed by atoms with Crippen LogP contribution in [-0.4, -0.2) is 33.1 Å². The van der Waals surface area contributed by atoms with E-state index in [4.69, 9.17) is 0 Å². The van der Waals surface area contributed by atoms with Gasteiger partial charge in [0.05, 0.1) is 4.92 Å². The van der Waals surface area contributed by atoms with E-state index in [1.165, 1.54) is 0 Å². The molecule has 0 fully saturated rings. The molecule has 28 heavy (non-hydrogen) atoms. The van der Waals surface area contributed by atoms with Gasteiger partial charge in [0.2, 0.25) is 0 Å². The van der Waals surface area contributed by atoms with Gasteiger partial charge in [-0.25, -0.2) is 0 Å². The first-order valence-electron chi connectivity index (χ1n) is 9.15. The van der Waals surface area contributed by atoms with Crippen LogP contribution in [0.1, 0.15) is 22.6 Å². The van der Waals surface area contributed by atoms with Crippen molar-refractivity contribution in [2.24, 2.45) is 0 Å². The summed E-state index contributed by atoms with van der Waals surface area (Å²) in [5, 5.41) is 11.0. The number of nitro groups is 1. The topological polar surface area (TPSA) is 49.6 Å². The van der Waals surface area contributed by atoms with E-state index in [1.54, 1.807) is 12.1 Å². The number of nitro benzene ring substituents is 1. The minimum atomic E-state index is -0.365. The average Bonchev–Trinajstić information content (AvgIpc) is 2.69. The molecule has 0 heterocycles. The third kappa shape index (κ3) is 4.14. The van der Waals surface area contributed by atoms with Crippen molar-refractivity contribution in [2.75, 3.05) is 38.0 Å². The number of non-ortho nitro benzene ring substituents is 1. The molecule has 3 aromatic rings. The highest BCUT2D eigenvalue weighted by Crippen LogP contribution is 2.34. The second-order valence-electron chi connectivity index (χ2n) is 7.25. The molecule has 0 aliphatic heterocycles. The van der Waals surface area contributed by atoms with Crippen molar-refractivity contribution in [3.8, 4) is 0 Å². The van der Waals surface area contributed by atoms with Crippen LogP contribution < -0.4 is 9.80 Å². The summed E-state index contributed by atoms with van der Waals surface area (Å²) >= 11 is 0. The first-order valence-corrected chi connectivity index (χ1v) is 9.15. The third-order valence-electron chi connectivity index (χ3n) is 4.92. The van der Waals surface area contributed by atoms with Gasteiger partial charge in [0, 0.05) is 57.6 Å². The van der Waals surface area contributed by atoms with Crippen LogP contribution in [0.2, 0.25) is 0 Å². The highest BCUT2D eigenvalue weighted by Gasteiger charge is 2.18. The summed E-state index contributed by atoms with van der Waals surface area (Å²) in [7, 11) is 8.07. The van der Waals surface area contributed by atoms with Gasteiger partial charge in [-0.1, -0.05) is 36.4 Å². The molecule has 0 atom stereocenters. The normalized spacial score (nSPS) is 10.8. The molecule has 0 aliphatic carbocycles. The van der Waals surface area contributed by atoms with Crippen molar-refractivity contribution in [2.45, 2.75) is 5.92 Å². The van der Waals surface area contributed by atoms with Gasteiger partial charge in [0.1, 0.15) is 0 Å². The minimum Gasteiger partial charge on any atom is -0.378 e. The highest BCUT2D eigenvalue weighted by molar-refractivity contribution is 5.53. The third-order valence-corrected chi connectivity index (χ3v) is 4.92. The second kappa shape index (κ2) is 8.13. The van der Waals surface area contributed by atoms with Crippen LogP contribution in [0.15, 0.2) is 72.8 Å². The van der Waals surface area contributed by atoms with Crippen LogP contribution in [0.3, 0.4) is 0 Å². The van der Waals surface area contributed by atoms with E-state index >= 15 is 0 Å². The molecule has 0 spiro atoms. The van der Waals surface area contributed by atoms with Crippen molar-refractivity contribution >= 4 is 17.1 Å². The van der Waals surface area contributed by atoms with Crippen molar-refractivity contribution < 1.29 is 4.92 Å². The van der Waals surface area contributed by atoms with Crippen molar-refractivity contribution in [1.82, 2.24) is 0 Å². The van der Waals surface area contributed by atoms with Crippen molar-refractivity contribution in [1.29, 1.82) is 0 Å². The molecule has 3 rings (SSSR count). The number of hydrogen-bond acceptors (Lipinski definition) is 4. The van der Waals surface area contributed by atoms with Crippen LogP contribution in [0.25, 0.3) is 0 Å². The Morgan fingerprint density at radius 1 is 0.643 bits per heavy atom. The van der Waals surface area contributed by atoms with E-state index in [0.717, 1.165) is 28.1 Å². The lowest BCUT2D eigenvalue weighted by Crippen LogP contribution is -2.10. The Morgan fingerprint density at radius 3 is 1.25 bits per heavy atom. The summed E-state index contributed by atoms with van der Waals surface area (Å²) in [4.78, 5) is 14.8. The summed E-state index contributed by atoms with van der Waals surface area (Å²) in [6, 6.07) is 23.7. The number of benzene rings is 3. The first kappa shape index (κ1) is 19.4. The molecule has 0 amide bonds. The number of hydrogen-bond donors (Lipinski definition) is 0. The molecular formula is C23H25N3O2. The fourth-order valence-corrected chi connectivity index (χ4v) is 3.30. The smallest absolute Gasteiger partial charge is 0.269 e. The zero-order valence-electron chi connectivity index (χ0n) is 16.7. The molecule has 0 saturated heterocycles. The predicted molar refractivity (Wildman–Crippen MR) is 116 cm³/mol. The summed E-state index contributed by atoms with van der Waals surface area (Å²) in [6.07, 6.45) is 0.